The van der Waals surface area contributed by atoms with Gasteiger partial charge in [-0.2, -0.15) is 0 Å². The van der Waals surface area contributed by atoms with Crippen LogP contribution in [0, 0.1) is 0 Å². The maximum atomic E-state index is 6.10. The highest BCUT2D eigenvalue weighted by atomic mass is 16.5. The van der Waals surface area contributed by atoms with Gasteiger partial charge in [0.1, 0.15) is 5.82 Å². The van der Waals surface area contributed by atoms with Crippen LogP contribution in [0.2, 0.25) is 0 Å². The summed E-state index contributed by atoms with van der Waals surface area (Å²) in [6, 6.07) is 10.1. The fraction of sp³-hybridized carbons (Fsp3) is 0.348. The molecule has 0 saturated carbocycles. The Balaban J connectivity index is 1.32. The molecule has 8 nitrogen and oxygen atoms in total. The molecule has 1 aromatic carbocycles. The molecule has 5 rings (SSSR count). The fourth-order valence-corrected chi connectivity index (χ4v) is 4.06. The molecule has 0 unspecified atom stereocenters. The largest absolute Gasteiger partial charge is 0.493 e. The van der Waals surface area contributed by atoms with E-state index < -0.39 is 0 Å². The standard InChI is InChI=1S/C23H27N5O3/c1-29-20-14-18-16(13-21(20)31-9-3-6-28-7-10-30-11-8-28)12-19-22(18)26-27-23(19)25-17-4-2-5-24-15-17/h2,4-5,12-15,25-27H,3,6-11H2,1H3. The zero-order valence-electron chi connectivity index (χ0n) is 17.6. The van der Waals surface area contributed by atoms with Crippen molar-refractivity contribution >= 4 is 22.3 Å². The van der Waals surface area contributed by atoms with Gasteiger partial charge in [0.2, 0.25) is 0 Å². The predicted molar refractivity (Wildman–Crippen MR) is 121 cm³/mol. The average Bonchev–Trinajstić information content (AvgIpc) is 3.37. The summed E-state index contributed by atoms with van der Waals surface area (Å²) < 4.78 is 17.1. The topological polar surface area (TPSA) is 87.4 Å². The van der Waals surface area contributed by atoms with Gasteiger partial charge >= 0.3 is 0 Å². The van der Waals surface area contributed by atoms with E-state index in [9.17, 15) is 0 Å². The Hall–Kier alpha value is -3.23. The molecule has 0 atom stereocenters. The zero-order chi connectivity index (χ0) is 21.0. The summed E-state index contributed by atoms with van der Waals surface area (Å²) in [6.45, 7) is 5.32. The normalized spacial score (nSPS) is 14.9. The molecule has 1 fully saturated rings. The van der Waals surface area contributed by atoms with Crippen molar-refractivity contribution in [3.05, 3.63) is 42.7 Å². The van der Waals surface area contributed by atoms with Crippen LogP contribution in [0.25, 0.3) is 22.0 Å². The van der Waals surface area contributed by atoms with Crippen LogP contribution in [0.15, 0.2) is 42.7 Å². The van der Waals surface area contributed by atoms with Gasteiger partial charge in [-0.15, -0.1) is 0 Å². The van der Waals surface area contributed by atoms with Crippen LogP contribution >= 0.6 is 0 Å². The lowest BCUT2D eigenvalue weighted by Gasteiger charge is -2.26. The number of fused-ring (bicyclic) bond motifs is 3. The number of methoxy groups -OCH3 is 1. The summed E-state index contributed by atoms with van der Waals surface area (Å²) in [7, 11) is 1.68. The Kier molecular flexibility index (Phi) is 5.64. The smallest absolute Gasteiger partial charge is 0.161 e. The van der Waals surface area contributed by atoms with E-state index in [-0.39, 0.29) is 0 Å². The van der Waals surface area contributed by atoms with Gasteiger partial charge in [0.05, 0.1) is 44.5 Å². The molecule has 3 aliphatic rings. The number of aromatic nitrogens is 3. The first-order valence-corrected chi connectivity index (χ1v) is 10.6. The van der Waals surface area contributed by atoms with Crippen molar-refractivity contribution < 1.29 is 14.2 Å². The van der Waals surface area contributed by atoms with E-state index in [1.807, 2.05) is 18.2 Å². The molecule has 1 aliphatic carbocycles. The lowest BCUT2D eigenvalue weighted by molar-refractivity contribution is 0.0357. The van der Waals surface area contributed by atoms with Crippen LogP contribution in [0.4, 0.5) is 11.5 Å². The van der Waals surface area contributed by atoms with Crippen LogP contribution in [-0.2, 0) is 4.74 Å². The summed E-state index contributed by atoms with van der Waals surface area (Å²) in [6.07, 6.45) is 4.52. The molecule has 2 aromatic rings. The van der Waals surface area contributed by atoms with Crippen LogP contribution in [0.1, 0.15) is 6.42 Å². The second-order valence-corrected chi connectivity index (χ2v) is 7.67. The van der Waals surface area contributed by atoms with Crippen molar-refractivity contribution in [2.75, 3.05) is 51.9 Å². The monoisotopic (exact) mass is 421 g/mol. The predicted octanol–water partition coefficient (Wildman–Crippen LogP) is 3.85. The number of aromatic amines is 2. The minimum absolute atomic E-state index is 0.652. The van der Waals surface area contributed by atoms with Crippen LogP contribution in [-0.4, -0.2) is 66.6 Å². The number of hydrogen-bond donors (Lipinski definition) is 3. The van der Waals surface area contributed by atoms with Gasteiger partial charge in [-0.3, -0.25) is 20.1 Å². The Morgan fingerprint density at radius 3 is 2.87 bits per heavy atom. The first-order valence-electron chi connectivity index (χ1n) is 10.6. The van der Waals surface area contributed by atoms with Crippen molar-refractivity contribution in [3.63, 3.8) is 0 Å². The Morgan fingerprint density at radius 1 is 1.16 bits per heavy atom. The van der Waals surface area contributed by atoms with E-state index in [4.69, 9.17) is 14.2 Å². The first-order chi connectivity index (χ1) is 15.3. The number of anilines is 2. The lowest BCUT2D eigenvalue weighted by Crippen LogP contribution is -2.37. The molecule has 1 saturated heterocycles. The van der Waals surface area contributed by atoms with Crippen molar-refractivity contribution in [1.82, 2.24) is 20.1 Å². The van der Waals surface area contributed by atoms with Gasteiger partial charge in [-0.1, -0.05) is 0 Å². The maximum absolute atomic E-state index is 6.10. The number of pyridine rings is 1. The van der Waals surface area contributed by atoms with E-state index in [0.717, 1.165) is 84.3 Å². The molecule has 0 amide bonds. The highest BCUT2D eigenvalue weighted by Gasteiger charge is 2.20. The number of ether oxygens (including phenoxy) is 3. The van der Waals surface area contributed by atoms with Crippen LogP contribution < -0.4 is 14.8 Å². The second kappa shape index (κ2) is 8.87. The van der Waals surface area contributed by atoms with Gasteiger partial charge in [-0.25, -0.2) is 0 Å². The number of nitrogens with one attached hydrogen (secondary N) is 3. The van der Waals surface area contributed by atoms with Crippen molar-refractivity contribution in [2.45, 2.75) is 6.42 Å². The van der Waals surface area contributed by atoms with Gasteiger partial charge < -0.3 is 19.5 Å². The number of rotatable bonds is 8. The highest BCUT2D eigenvalue weighted by Crippen LogP contribution is 2.42. The summed E-state index contributed by atoms with van der Waals surface area (Å²) in [5.41, 5.74) is 3.02. The average molecular weight is 422 g/mol. The van der Waals surface area contributed by atoms with Crippen molar-refractivity contribution in [3.8, 4) is 22.8 Å². The third-order valence-electron chi connectivity index (χ3n) is 5.67. The third-order valence-corrected chi connectivity index (χ3v) is 5.67. The minimum Gasteiger partial charge on any atom is -0.493 e. The van der Waals surface area contributed by atoms with E-state index in [0.29, 0.717) is 6.61 Å². The zero-order valence-corrected chi connectivity index (χ0v) is 17.6. The molecule has 162 valence electrons. The number of nitrogens with zero attached hydrogens (tertiary/aromatic N) is 2. The van der Waals surface area contributed by atoms with E-state index >= 15 is 0 Å². The Labute approximate surface area is 180 Å². The molecule has 3 N–H and O–H groups in total. The van der Waals surface area contributed by atoms with E-state index in [2.05, 4.69) is 37.5 Å². The molecule has 31 heavy (non-hydrogen) atoms. The minimum atomic E-state index is 0.652. The Bertz CT molecular complexity index is 1100. The summed E-state index contributed by atoms with van der Waals surface area (Å²) >= 11 is 0. The molecular formula is C23H27N5O3. The molecule has 0 bridgehead atoms. The molecular weight excluding hydrogens is 394 g/mol. The summed E-state index contributed by atoms with van der Waals surface area (Å²) in [5, 5.41) is 12.1. The molecule has 8 heteroatoms. The van der Waals surface area contributed by atoms with Gasteiger partial charge in [-0.05, 0) is 42.1 Å². The van der Waals surface area contributed by atoms with Gasteiger partial charge in [0.15, 0.2) is 11.5 Å². The summed E-state index contributed by atoms with van der Waals surface area (Å²) in [4.78, 5) is 6.58. The van der Waals surface area contributed by atoms with Crippen molar-refractivity contribution in [2.24, 2.45) is 0 Å². The SMILES string of the molecule is COc1cc2c3[nH][nH]c(Nc4cccnc4)c-3cc2cc1OCCCN1CCOCC1. The van der Waals surface area contributed by atoms with E-state index in [1.165, 1.54) is 0 Å². The molecule has 3 heterocycles. The molecule has 0 radical (unpaired) electrons. The maximum Gasteiger partial charge on any atom is 0.161 e. The number of morpholine rings is 1. The van der Waals surface area contributed by atoms with E-state index in [1.54, 1.807) is 19.5 Å². The van der Waals surface area contributed by atoms with Crippen molar-refractivity contribution in [1.29, 1.82) is 0 Å². The number of hydrogen-bond acceptors (Lipinski definition) is 6. The third kappa shape index (κ3) is 4.17. The molecule has 0 spiro atoms. The van der Waals surface area contributed by atoms with Crippen LogP contribution in [0.5, 0.6) is 11.5 Å². The number of benzene rings is 1. The quantitative estimate of drug-likeness (QED) is 0.375. The highest BCUT2D eigenvalue weighted by molar-refractivity contribution is 6.05. The fourth-order valence-electron chi connectivity index (χ4n) is 4.06. The lowest BCUT2D eigenvalue weighted by atomic mass is 10.2. The summed E-state index contributed by atoms with van der Waals surface area (Å²) in [5.74, 6) is 2.41. The van der Waals surface area contributed by atoms with Crippen LogP contribution in [0.3, 0.4) is 0 Å². The van der Waals surface area contributed by atoms with Gasteiger partial charge in [0.25, 0.3) is 0 Å². The second-order valence-electron chi connectivity index (χ2n) is 7.67. The van der Waals surface area contributed by atoms with Gasteiger partial charge in [0, 0.05) is 36.8 Å². The molecule has 2 aliphatic heterocycles. The Morgan fingerprint density at radius 2 is 2.06 bits per heavy atom. The number of H-pyrrole nitrogens is 2. The molecule has 1 aromatic heterocycles. The first kappa shape index (κ1) is 19.7.